The van der Waals surface area contributed by atoms with E-state index in [1.54, 1.807) is 0 Å². The zero-order valence-corrected chi connectivity index (χ0v) is 28.7. The minimum absolute atomic E-state index is 0.891. The predicted molar refractivity (Wildman–Crippen MR) is 222 cm³/mol. The third kappa shape index (κ3) is 4.82. The first-order chi connectivity index (χ1) is 26.2. The van der Waals surface area contributed by atoms with Gasteiger partial charge in [-0.3, -0.25) is 0 Å². The van der Waals surface area contributed by atoms with Crippen LogP contribution >= 0.6 is 0 Å². The molecule has 53 heavy (non-hydrogen) atoms. The van der Waals surface area contributed by atoms with Crippen molar-refractivity contribution in [3.63, 3.8) is 0 Å². The van der Waals surface area contributed by atoms with Crippen LogP contribution in [-0.2, 0) is 0 Å². The molecule has 0 bridgehead atoms. The predicted octanol–water partition coefficient (Wildman–Crippen LogP) is 14.6. The lowest BCUT2D eigenvalue weighted by Gasteiger charge is -2.27. The Kier molecular flexibility index (Phi) is 6.55. The molecule has 2 aromatic heterocycles. The summed E-state index contributed by atoms with van der Waals surface area (Å²) in [4.78, 5) is 2.37. The molecule has 11 aromatic rings. The van der Waals surface area contributed by atoms with Gasteiger partial charge in [0.05, 0.1) is 0 Å². The highest BCUT2D eigenvalue weighted by atomic mass is 16.3. The standard InChI is InChI=1S/C50H31NO2/c1-3-11-32(12-4-1)39-25-24-38(30-43(39)34-22-26-49-45(27-34)40-15-7-9-17-47(40)52-49)51(36-13-5-2-6-14-36)37-23-21-33-19-20-35-28-50-46(31-44(35)42(33)29-37)41-16-8-10-18-48(41)53-50/h1-31H. The monoisotopic (exact) mass is 677 g/mol. The molecule has 0 fully saturated rings. The molecule has 9 aromatic carbocycles. The fourth-order valence-electron chi connectivity index (χ4n) is 8.10. The van der Waals surface area contributed by atoms with Crippen molar-refractivity contribution >= 4 is 82.5 Å². The van der Waals surface area contributed by atoms with Crippen LogP contribution in [0.2, 0.25) is 0 Å². The van der Waals surface area contributed by atoms with Crippen molar-refractivity contribution in [1.29, 1.82) is 0 Å². The maximum Gasteiger partial charge on any atom is 0.136 e. The number of fused-ring (bicyclic) bond motifs is 9. The molecule has 0 spiro atoms. The highest BCUT2D eigenvalue weighted by Crippen LogP contribution is 2.44. The fraction of sp³-hybridized carbons (Fsp3) is 0. The summed E-state index contributed by atoms with van der Waals surface area (Å²) in [6, 6.07) is 67.0. The maximum absolute atomic E-state index is 6.27. The van der Waals surface area contributed by atoms with Gasteiger partial charge < -0.3 is 13.7 Å². The second-order valence-electron chi connectivity index (χ2n) is 13.7. The number of hydrogen-bond donors (Lipinski definition) is 0. The smallest absolute Gasteiger partial charge is 0.136 e. The molecular weight excluding hydrogens is 647 g/mol. The van der Waals surface area contributed by atoms with E-state index in [1.165, 1.54) is 27.3 Å². The SMILES string of the molecule is c1ccc(-c2ccc(N(c3ccccc3)c3ccc4ccc5cc6oc7ccccc7c6cc5c4c3)cc2-c2ccc3oc4ccccc4c3c2)cc1. The van der Waals surface area contributed by atoms with E-state index < -0.39 is 0 Å². The largest absolute Gasteiger partial charge is 0.456 e. The van der Waals surface area contributed by atoms with Gasteiger partial charge in [-0.05, 0) is 117 Å². The van der Waals surface area contributed by atoms with Crippen LogP contribution in [0.3, 0.4) is 0 Å². The van der Waals surface area contributed by atoms with E-state index in [0.717, 1.165) is 77.5 Å². The van der Waals surface area contributed by atoms with Gasteiger partial charge in [0.2, 0.25) is 0 Å². The lowest BCUT2D eigenvalue weighted by Crippen LogP contribution is -2.10. The highest BCUT2D eigenvalue weighted by Gasteiger charge is 2.19. The number of furan rings is 2. The van der Waals surface area contributed by atoms with Crippen molar-refractivity contribution < 1.29 is 8.83 Å². The van der Waals surface area contributed by atoms with Crippen LogP contribution in [0.4, 0.5) is 17.1 Å². The molecule has 0 radical (unpaired) electrons. The van der Waals surface area contributed by atoms with Crippen molar-refractivity contribution in [1.82, 2.24) is 0 Å². The summed E-state index contributed by atoms with van der Waals surface area (Å²) >= 11 is 0. The average molecular weight is 678 g/mol. The van der Waals surface area contributed by atoms with Gasteiger partial charge in [-0.25, -0.2) is 0 Å². The first-order valence-corrected chi connectivity index (χ1v) is 18.0. The molecule has 0 aliphatic rings. The van der Waals surface area contributed by atoms with Gasteiger partial charge in [0.25, 0.3) is 0 Å². The van der Waals surface area contributed by atoms with Crippen molar-refractivity contribution in [3.8, 4) is 22.3 Å². The summed E-state index contributed by atoms with van der Waals surface area (Å²) in [5, 5.41) is 9.26. The van der Waals surface area contributed by atoms with E-state index in [4.69, 9.17) is 8.83 Å². The van der Waals surface area contributed by atoms with Gasteiger partial charge in [0, 0.05) is 38.6 Å². The molecule has 2 heterocycles. The number of benzene rings is 9. The second-order valence-corrected chi connectivity index (χ2v) is 13.7. The molecule has 0 saturated carbocycles. The van der Waals surface area contributed by atoms with Crippen molar-refractivity contribution in [2.24, 2.45) is 0 Å². The van der Waals surface area contributed by atoms with E-state index in [2.05, 4.69) is 169 Å². The Morgan fingerprint density at radius 1 is 0.283 bits per heavy atom. The Balaban J connectivity index is 1.14. The molecule has 0 N–H and O–H groups in total. The van der Waals surface area contributed by atoms with Gasteiger partial charge >= 0.3 is 0 Å². The molecule has 0 aliphatic heterocycles. The van der Waals surface area contributed by atoms with E-state index >= 15 is 0 Å². The summed E-state index contributed by atoms with van der Waals surface area (Å²) in [6.07, 6.45) is 0. The van der Waals surface area contributed by atoms with Gasteiger partial charge in [0.15, 0.2) is 0 Å². The molecule has 0 aliphatic carbocycles. The summed E-state index contributed by atoms with van der Waals surface area (Å²) in [5.74, 6) is 0. The molecule has 11 rings (SSSR count). The molecule has 248 valence electrons. The number of rotatable bonds is 5. The molecule has 0 unspecified atom stereocenters. The summed E-state index contributed by atoms with van der Waals surface area (Å²) in [7, 11) is 0. The number of para-hydroxylation sites is 3. The van der Waals surface area contributed by atoms with Crippen LogP contribution in [0.1, 0.15) is 0 Å². The molecule has 0 saturated heterocycles. The Hall–Kier alpha value is -7.10. The van der Waals surface area contributed by atoms with E-state index in [9.17, 15) is 0 Å². The van der Waals surface area contributed by atoms with E-state index in [-0.39, 0.29) is 0 Å². The molecule has 0 atom stereocenters. The normalized spacial score (nSPS) is 11.8. The van der Waals surface area contributed by atoms with E-state index in [0.29, 0.717) is 0 Å². The highest BCUT2D eigenvalue weighted by molar-refractivity contribution is 6.17. The molecule has 0 amide bonds. The van der Waals surface area contributed by atoms with Gasteiger partial charge in [-0.1, -0.05) is 115 Å². The molecular formula is C50H31NO2. The lowest BCUT2D eigenvalue weighted by atomic mass is 9.92. The number of nitrogens with zero attached hydrogens (tertiary/aromatic N) is 1. The van der Waals surface area contributed by atoms with Gasteiger partial charge in [0.1, 0.15) is 22.3 Å². The van der Waals surface area contributed by atoms with Crippen LogP contribution in [0, 0.1) is 0 Å². The lowest BCUT2D eigenvalue weighted by molar-refractivity contribution is 0.669. The zero-order valence-electron chi connectivity index (χ0n) is 28.7. The maximum atomic E-state index is 6.27. The van der Waals surface area contributed by atoms with Crippen molar-refractivity contribution in [2.75, 3.05) is 4.90 Å². The topological polar surface area (TPSA) is 29.5 Å². The minimum atomic E-state index is 0.891. The summed E-state index contributed by atoms with van der Waals surface area (Å²) in [5.41, 5.74) is 11.5. The summed E-state index contributed by atoms with van der Waals surface area (Å²) in [6.45, 7) is 0. The third-order valence-corrected chi connectivity index (χ3v) is 10.6. The third-order valence-electron chi connectivity index (χ3n) is 10.6. The van der Waals surface area contributed by atoms with Crippen LogP contribution < -0.4 is 4.90 Å². The molecule has 3 heteroatoms. The van der Waals surface area contributed by atoms with Crippen LogP contribution in [0.25, 0.3) is 87.7 Å². The average Bonchev–Trinajstić information content (AvgIpc) is 3.78. The quantitative estimate of drug-likeness (QED) is 0.170. The van der Waals surface area contributed by atoms with Crippen LogP contribution in [0.5, 0.6) is 0 Å². The van der Waals surface area contributed by atoms with Crippen molar-refractivity contribution in [2.45, 2.75) is 0 Å². The molecule has 3 nitrogen and oxygen atoms in total. The Bertz CT molecular complexity index is 3170. The fourth-order valence-corrected chi connectivity index (χ4v) is 8.10. The van der Waals surface area contributed by atoms with Gasteiger partial charge in [-0.2, -0.15) is 0 Å². The number of hydrogen-bond acceptors (Lipinski definition) is 3. The second kappa shape index (κ2) is 11.7. The minimum Gasteiger partial charge on any atom is -0.456 e. The zero-order chi connectivity index (χ0) is 34.9. The van der Waals surface area contributed by atoms with Crippen LogP contribution in [-0.4, -0.2) is 0 Å². The van der Waals surface area contributed by atoms with Crippen molar-refractivity contribution in [3.05, 3.63) is 188 Å². The first-order valence-electron chi connectivity index (χ1n) is 18.0. The van der Waals surface area contributed by atoms with Crippen LogP contribution in [0.15, 0.2) is 197 Å². The van der Waals surface area contributed by atoms with Gasteiger partial charge in [-0.15, -0.1) is 0 Å². The Labute approximate surface area is 305 Å². The Morgan fingerprint density at radius 3 is 1.66 bits per heavy atom. The Morgan fingerprint density at radius 2 is 0.868 bits per heavy atom. The first kappa shape index (κ1) is 29.6. The summed E-state index contributed by atoms with van der Waals surface area (Å²) < 4.78 is 12.5. The number of anilines is 3. The van der Waals surface area contributed by atoms with E-state index in [1.807, 2.05) is 24.3 Å².